The fraction of sp³-hybridized carbons (Fsp3) is 0.250. The highest BCUT2D eigenvalue weighted by atomic mass is 31.2. The predicted molar refractivity (Wildman–Crippen MR) is 144 cm³/mol. The maximum absolute atomic E-state index is 13.2. The van der Waals surface area contributed by atoms with Gasteiger partial charge in [-0.25, -0.2) is 4.57 Å². The van der Waals surface area contributed by atoms with Crippen molar-refractivity contribution < 1.29 is 37.4 Å². The fourth-order valence-corrected chi connectivity index (χ4v) is 5.14. The summed E-state index contributed by atoms with van der Waals surface area (Å²) in [5, 5.41) is 0. The normalized spacial score (nSPS) is 16.3. The molecule has 1 unspecified atom stereocenters. The zero-order valence-corrected chi connectivity index (χ0v) is 22.8. The summed E-state index contributed by atoms with van der Waals surface area (Å²) in [5.41, 5.74) is 2.47. The van der Waals surface area contributed by atoms with Crippen molar-refractivity contribution in [1.82, 2.24) is 0 Å². The predicted octanol–water partition coefficient (Wildman–Crippen LogP) is 5.78. The summed E-state index contributed by atoms with van der Waals surface area (Å²) in [6.07, 6.45) is 0. The van der Waals surface area contributed by atoms with E-state index in [1.165, 1.54) is 35.1 Å². The quantitative estimate of drug-likeness (QED) is 0.172. The van der Waals surface area contributed by atoms with E-state index in [-0.39, 0.29) is 18.3 Å². The van der Waals surface area contributed by atoms with Crippen molar-refractivity contribution in [3.05, 3.63) is 83.9 Å². The van der Waals surface area contributed by atoms with Crippen LogP contribution in [0.25, 0.3) is 0 Å². The van der Waals surface area contributed by atoms with Crippen molar-refractivity contribution >= 4 is 19.2 Å². The van der Waals surface area contributed by atoms with E-state index in [4.69, 9.17) is 28.0 Å². The molecule has 1 aliphatic rings. The molecule has 3 aromatic carbocycles. The lowest BCUT2D eigenvalue weighted by Gasteiger charge is -2.43. The van der Waals surface area contributed by atoms with Crippen molar-refractivity contribution in [2.75, 3.05) is 40.0 Å². The average molecular weight is 540 g/mol. The Morgan fingerprint density at radius 3 is 2.05 bits per heavy atom. The van der Waals surface area contributed by atoms with E-state index in [9.17, 15) is 9.36 Å². The number of nitrogens with zero attached hydrogens (tertiary/aromatic N) is 1. The molecule has 1 amide bonds. The third-order valence-corrected chi connectivity index (χ3v) is 7.21. The van der Waals surface area contributed by atoms with Gasteiger partial charge in [-0.3, -0.25) is 14.2 Å². The minimum Gasteiger partial charge on any atom is -0.493 e. The molecule has 1 fully saturated rings. The lowest BCUT2D eigenvalue weighted by Crippen LogP contribution is -2.48. The Bertz CT molecular complexity index is 1370. The van der Waals surface area contributed by atoms with Gasteiger partial charge in [0, 0.05) is 24.4 Å². The molecule has 38 heavy (non-hydrogen) atoms. The summed E-state index contributed by atoms with van der Waals surface area (Å²) in [4.78, 5) is 14.5. The number of anilines is 1. The van der Waals surface area contributed by atoms with Crippen molar-refractivity contribution in [1.29, 1.82) is 0 Å². The number of β-lactam (4-membered cyclic amide) rings is 1. The number of rotatable bonds is 11. The first kappa shape index (κ1) is 27.1. The SMILES string of the molecule is C=C1C(=O)N(c2cc(OC)c(OC)c(OC)c2)[C@H]1c1ccc(OC)c(OP(C)(=O)OCc2ccccc2)c1. The standard InChI is InChI=1S/C28H30NO8P/c1-18-26(29(28(18)30)21-15-24(33-3)27(35-5)25(16-21)34-4)20-12-13-22(32-2)23(14-20)37-38(6,31)36-17-19-10-8-7-9-11-19/h7-16,26H,1,17H2,2-6H3/t26-,38?/m1/s1. The molecule has 0 spiro atoms. The summed E-state index contributed by atoms with van der Waals surface area (Å²) in [6.45, 7) is 5.50. The van der Waals surface area contributed by atoms with Crippen LogP contribution < -0.4 is 28.4 Å². The van der Waals surface area contributed by atoms with E-state index in [0.29, 0.717) is 39.8 Å². The summed E-state index contributed by atoms with van der Waals surface area (Å²) in [5.74, 6) is 1.57. The Balaban J connectivity index is 1.64. The van der Waals surface area contributed by atoms with Gasteiger partial charge in [0.1, 0.15) is 0 Å². The Morgan fingerprint density at radius 1 is 0.842 bits per heavy atom. The van der Waals surface area contributed by atoms with Gasteiger partial charge in [-0.15, -0.1) is 0 Å². The molecule has 0 aromatic heterocycles. The molecule has 2 atom stereocenters. The number of carbonyl (C=O) groups is 1. The smallest absolute Gasteiger partial charge is 0.376 e. The van der Waals surface area contributed by atoms with E-state index < -0.39 is 13.6 Å². The lowest BCUT2D eigenvalue weighted by molar-refractivity contribution is -0.119. The van der Waals surface area contributed by atoms with Crippen LogP contribution in [-0.4, -0.2) is 41.0 Å². The first-order chi connectivity index (χ1) is 18.2. The van der Waals surface area contributed by atoms with Gasteiger partial charge in [0.05, 0.1) is 46.8 Å². The second-order valence-electron chi connectivity index (χ2n) is 8.52. The summed E-state index contributed by atoms with van der Waals surface area (Å²) < 4.78 is 46.4. The molecular weight excluding hydrogens is 509 g/mol. The molecule has 1 heterocycles. The Hall–Kier alpha value is -3.94. The van der Waals surface area contributed by atoms with Crippen molar-refractivity contribution in [2.24, 2.45) is 0 Å². The van der Waals surface area contributed by atoms with Crippen LogP contribution in [0, 0.1) is 0 Å². The summed E-state index contributed by atoms with van der Waals surface area (Å²) in [6, 6.07) is 17.4. The average Bonchev–Trinajstić information content (AvgIpc) is 2.93. The lowest BCUT2D eigenvalue weighted by atomic mass is 9.88. The van der Waals surface area contributed by atoms with E-state index in [1.54, 1.807) is 35.2 Å². The number of hydrogen-bond donors (Lipinski definition) is 0. The van der Waals surface area contributed by atoms with Crippen LogP contribution in [0.2, 0.25) is 0 Å². The van der Waals surface area contributed by atoms with Crippen LogP contribution in [0.5, 0.6) is 28.7 Å². The second kappa shape index (κ2) is 11.2. The molecular formula is C28H30NO8P. The number of benzene rings is 3. The van der Waals surface area contributed by atoms with Gasteiger partial charge in [-0.2, -0.15) is 0 Å². The number of carbonyl (C=O) groups excluding carboxylic acids is 1. The van der Waals surface area contributed by atoms with Crippen LogP contribution in [0.15, 0.2) is 72.8 Å². The van der Waals surface area contributed by atoms with Gasteiger partial charge in [0.15, 0.2) is 23.0 Å². The second-order valence-corrected chi connectivity index (χ2v) is 10.5. The highest BCUT2D eigenvalue weighted by Gasteiger charge is 2.43. The van der Waals surface area contributed by atoms with E-state index in [2.05, 4.69) is 6.58 Å². The molecule has 0 saturated carbocycles. The molecule has 4 rings (SSSR count). The van der Waals surface area contributed by atoms with E-state index >= 15 is 0 Å². The van der Waals surface area contributed by atoms with Crippen LogP contribution in [-0.2, 0) is 20.5 Å². The Morgan fingerprint density at radius 2 is 1.47 bits per heavy atom. The van der Waals surface area contributed by atoms with Crippen LogP contribution in [0.4, 0.5) is 5.69 Å². The highest BCUT2D eigenvalue weighted by molar-refractivity contribution is 7.53. The van der Waals surface area contributed by atoms with Crippen molar-refractivity contribution in [3.63, 3.8) is 0 Å². The largest absolute Gasteiger partial charge is 0.493 e. The number of ether oxygens (including phenoxy) is 4. The molecule has 0 aliphatic carbocycles. The molecule has 3 aromatic rings. The minimum absolute atomic E-state index is 0.124. The third kappa shape index (κ3) is 5.35. The molecule has 1 aliphatic heterocycles. The van der Waals surface area contributed by atoms with Crippen LogP contribution in [0.1, 0.15) is 17.2 Å². The van der Waals surface area contributed by atoms with Gasteiger partial charge in [0.2, 0.25) is 5.75 Å². The Labute approximate surface area is 222 Å². The third-order valence-electron chi connectivity index (χ3n) is 6.09. The van der Waals surface area contributed by atoms with Crippen molar-refractivity contribution in [2.45, 2.75) is 12.6 Å². The topological polar surface area (TPSA) is 92.8 Å². The minimum atomic E-state index is -3.52. The van der Waals surface area contributed by atoms with Gasteiger partial charge in [-0.1, -0.05) is 43.0 Å². The number of methoxy groups -OCH3 is 4. The van der Waals surface area contributed by atoms with Gasteiger partial charge < -0.3 is 23.5 Å². The van der Waals surface area contributed by atoms with Crippen LogP contribution in [0.3, 0.4) is 0 Å². The monoisotopic (exact) mass is 539 g/mol. The van der Waals surface area contributed by atoms with Gasteiger partial charge in [0.25, 0.3) is 5.91 Å². The molecule has 10 heteroatoms. The highest BCUT2D eigenvalue weighted by Crippen LogP contribution is 2.51. The molecule has 0 N–H and O–H groups in total. The maximum Gasteiger partial charge on any atom is 0.376 e. The first-order valence-electron chi connectivity index (χ1n) is 11.7. The van der Waals surface area contributed by atoms with E-state index in [0.717, 1.165) is 5.56 Å². The van der Waals surface area contributed by atoms with Crippen LogP contribution >= 0.6 is 7.60 Å². The first-order valence-corrected chi connectivity index (χ1v) is 13.7. The molecule has 1 saturated heterocycles. The van der Waals surface area contributed by atoms with Crippen molar-refractivity contribution in [3.8, 4) is 28.7 Å². The summed E-state index contributed by atoms with van der Waals surface area (Å²) in [7, 11) is 2.48. The summed E-state index contributed by atoms with van der Waals surface area (Å²) >= 11 is 0. The number of amides is 1. The zero-order chi connectivity index (χ0) is 27.4. The molecule has 9 nitrogen and oxygen atoms in total. The molecule has 0 bridgehead atoms. The number of hydrogen-bond acceptors (Lipinski definition) is 8. The fourth-order valence-electron chi connectivity index (χ4n) is 4.21. The van der Waals surface area contributed by atoms with Gasteiger partial charge in [-0.05, 0) is 23.3 Å². The molecule has 0 radical (unpaired) electrons. The molecule has 200 valence electrons. The van der Waals surface area contributed by atoms with E-state index in [1.807, 2.05) is 30.3 Å². The zero-order valence-electron chi connectivity index (χ0n) is 21.9. The Kier molecular flexibility index (Phi) is 7.99. The van der Waals surface area contributed by atoms with Gasteiger partial charge >= 0.3 is 7.60 Å². The maximum atomic E-state index is 13.2.